The molecule has 0 saturated heterocycles. The molecule has 0 saturated carbocycles. The van der Waals surface area contributed by atoms with Crippen LogP contribution in [0.2, 0.25) is 0 Å². The summed E-state index contributed by atoms with van der Waals surface area (Å²) in [6, 6.07) is 9.66. The van der Waals surface area contributed by atoms with Crippen LogP contribution in [0.1, 0.15) is 12.0 Å². The van der Waals surface area contributed by atoms with Crippen molar-refractivity contribution >= 4 is 15.9 Å². The highest BCUT2D eigenvalue weighted by Crippen LogP contribution is 2.12. The number of rotatable bonds is 3. The summed E-state index contributed by atoms with van der Waals surface area (Å²) in [7, 11) is 0. The van der Waals surface area contributed by atoms with Crippen LogP contribution in [0.25, 0.3) is 0 Å². The average molecular weight is 240 g/mol. The molecule has 1 aromatic rings. The Kier molecular flexibility index (Phi) is 3.94. The van der Waals surface area contributed by atoms with Crippen molar-refractivity contribution in [3.63, 3.8) is 0 Å². The quantitative estimate of drug-likeness (QED) is 0.880. The van der Waals surface area contributed by atoms with Crippen LogP contribution < -0.4 is 0 Å². The molecule has 13 heavy (non-hydrogen) atoms. The molecule has 3 heteroatoms. The molecule has 1 rings (SSSR count). The third kappa shape index (κ3) is 3.58. The molecule has 0 bridgehead atoms. The van der Waals surface area contributed by atoms with E-state index in [-0.39, 0.29) is 6.42 Å². The van der Waals surface area contributed by atoms with Gasteiger partial charge in [-0.3, -0.25) is 0 Å². The van der Waals surface area contributed by atoms with Crippen molar-refractivity contribution in [1.82, 2.24) is 0 Å². The molecule has 0 aliphatic carbocycles. The lowest BCUT2D eigenvalue weighted by atomic mass is 10.1. The Morgan fingerprint density at radius 3 is 2.54 bits per heavy atom. The fourth-order valence-corrected chi connectivity index (χ4v) is 1.33. The van der Waals surface area contributed by atoms with Gasteiger partial charge >= 0.3 is 0 Å². The van der Waals surface area contributed by atoms with Gasteiger partial charge in [-0.05, 0) is 24.1 Å². The molecule has 0 fully saturated rings. The second-order valence-electron chi connectivity index (χ2n) is 2.85. The topological polar surface area (TPSA) is 44.0 Å². The second-order valence-corrected chi connectivity index (χ2v) is 3.76. The first kappa shape index (κ1) is 10.2. The second kappa shape index (κ2) is 5.00. The van der Waals surface area contributed by atoms with E-state index in [1.807, 2.05) is 30.3 Å². The van der Waals surface area contributed by atoms with Gasteiger partial charge in [-0.15, -0.1) is 0 Å². The van der Waals surface area contributed by atoms with Gasteiger partial charge in [0.1, 0.15) is 0 Å². The lowest BCUT2D eigenvalue weighted by molar-refractivity contribution is 0.180. The average Bonchev–Trinajstić information content (AvgIpc) is 2.09. The Labute approximate surface area is 85.9 Å². The van der Waals surface area contributed by atoms with Crippen LogP contribution in [0.4, 0.5) is 0 Å². The molecule has 0 aromatic heterocycles. The van der Waals surface area contributed by atoms with Crippen LogP contribution in [-0.4, -0.2) is 11.2 Å². The molecule has 68 valence electrons. The molecule has 1 unspecified atom stereocenters. The number of nitriles is 1. The summed E-state index contributed by atoms with van der Waals surface area (Å²) < 4.78 is 1.02. The molecule has 0 aliphatic rings. The highest BCUT2D eigenvalue weighted by molar-refractivity contribution is 9.10. The Hall–Kier alpha value is -0.850. The Balaban J connectivity index is 2.55. The van der Waals surface area contributed by atoms with E-state index in [9.17, 15) is 5.11 Å². The molecule has 1 atom stereocenters. The summed E-state index contributed by atoms with van der Waals surface area (Å²) in [6.07, 6.45) is 0.183. The standard InChI is InChI=1S/C10H10BrNO/c11-9-3-1-8(2-4-9)7-10(13)5-6-12/h1-4,10,13H,5,7H2. The maximum Gasteiger partial charge on any atom is 0.0710 e. The fraction of sp³-hybridized carbons (Fsp3) is 0.300. The van der Waals surface area contributed by atoms with Crippen LogP contribution in [-0.2, 0) is 6.42 Å². The van der Waals surface area contributed by atoms with Crippen molar-refractivity contribution < 1.29 is 5.11 Å². The van der Waals surface area contributed by atoms with Gasteiger partial charge in [0.25, 0.3) is 0 Å². The minimum Gasteiger partial charge on any atom is -0.392 e. The third-order valence-electron chi connectivity index (χ3n) is 1.71. The molecule has 0 radical (unpaired) electrons. The van der Waals surface area contributed by atoms with E-state index in [4.69, 9.17) is 5.26 Å². The first-order valence-corrected chi connectivity index (χ1v) is 4.81. The van der Waals surface area contributed by atoms with Gasteiger partial charge in [-0.2, -0.15) is 5.26 Å². The summed E-state index contributed by atoms with van der Waals surface area (Å²) in [5.74, 6) is 0. The van der Waals surface area contributed by atoms with Crippen molar-refractivity contribution in [3.8, 4) is 6.07 Å². The molecule has 0 amide bonds. The van der Waals surface area contributed by atoms with Crippen LogP contribution in [0.3, 0.4) is 0 Å². The summed E-state index contributed by atoms with van der Waals surface area (Å²) >= 11 is 3.33. The van der Waals surface area contributed by atoms with Gasteiger partial charge in [0, 0.05) is 4.47 Å². The van der Waals surface area contributed by atoms with Gasteiger partial charge < -0.3 is 5.11 Å². The zero-order valence-electron chi connectivity index (χ0n) is 7.07. The molecule has 2 nitrogen and oxygen atoms in total. The van der Waals surface area contributed by atoms with Crippen LogP contribution >= 0.6 is 15.9 Å². The number of halogens is 1. The molecule has 0 heterocycles. The maximum absolute atomic E-state index is 9.34. The van der Waals surface area contributed by atoms with E-state index in [1.54, 1.807) is 0 Å². The number of nitrogens with zero attached hydrogens (tertiary/aromatic N) is 1. The van der Waals surface area contributed by atoms with Crippen LogP contribution in [0, 0.1) is 11.3 Å². The SMILES string of the molecule is N#CCC(O)Cc1ccc(Br)cc1. The van der Waals surface area contributed by atoms with Gasteiger partial charge in [0.2, 0.25) is 0 Å². The zero-order chi connectivity index (χ0) is 9.68. The highest BCUT2D eigenvalue weighted by Gasteiger charge is 2.03. The van der Waals surface area contributed by atoms with Crippen molar-refractivity contribution in [2.75, 3.05) is 0 Å². The van der Waals surface area contributed by atoms with Gasteiger partial charge in [0.05, 0.1) is 18.6 Å². The van der Waals surface area contributed by atoms with Crippen LogP contribution in [0.5, 0.6) is 0 Å². The maximum atomic E-state index is 9.34. The summed E-state index contributed by atoms with van der Waals surface area (Å²) in [5.41, 5.74) is 1.05. The van der Waals surface area contributed by atoms with Gasteiger partial charge in [-0.1, -0.05) is 28.1 Å². The number of hydrogen-bond donors (Lipinski definition) is 1. The van der Waals surface area contributed by atoms with Crippen molar-refractivity contribution in [2.45, 2.75) is 18.9 Å². The van der Waals surface area contributed by atoms with Crippen molar-refractivity contribution in [1.29, 1.82) is 5.26 Å². The van der Waals surface area contributed by atoms with Gasteiger partial charge in [0.15, 0.2) is 0 Å². The molecule has 0 spiro atoms. The normalized spacial score (nSPS) is 12.1. The molecule has 1 N–H and O–H groups in total. The summed E-state index contributed by atoms with van der Waals surface area (Å²) in [6.45, 7) is 0. The number of aliphatic hydroxyl groups excluding tert-OH is 1. The molecular weight excluding hydrogens is 230 g/mol. The smallest absolute Gasteiger partial charge is 0.0710 e. The Morgan fingerprint density at radius 1 is 1.38 bits per heavy atom. The minimum atomic E-state index is -0.550. The van der Waals surface area contributed by atoms with E-state index < -0.39 is 6.10 Å². The van der Waals surface area contributed by atoms with Gasteiger partial charge in [-0.25, -0.2) is 0 Å². The molecule has 1 aromatic carbocycles. The van der Waals surface area contributed by atoms with Crippen molar-refractivity contribution in [3.05, 3.63) is 34.3 Å². The van der Waals surface area contributed by atoms with E-state index in [1.165, 1.54) is 0 Å². The number of hydrogen-bond acceptors (Lipinski definition) is 2. The number of benzene rings is 1. The predicted molar refractivity (Wildman–Crippen MR) is 54.1 cm³/mol. The van der Waals surface area contributed by atoms with E-state index in [0.717, 1.165) is 10.0 Å². The lowest BCUT2D eigenvalue weighted by Crippen LogP contribution is -2.08. The van der Waals surface area contributed by atoms with E-state index in [2.05, 4.69) is 15.9 Å². The Morgan fingerprint density at radius 2 is 2.00 bits per heavy atom. The Bertz CT molecular complexity index is 302. The molecule has 0 aliphatic heterocycles. The van der Waals surface area contributed by atoms with Crippen LogP contribution in [0.15, 0.2) is 28.7 Å². The van der Waals surface area contributed by atoms with E-state index >= 15 is 0 Å². The summed E-state index contributed by atoms with van der Waals surface area (Å²) in [5, 5.41) is 17.7. The fourth-order valence-electron chi connectivity index (χ4n) is 1.07. The number of aliphatic hydroxyl groups is 1. The molecular formula is C10H10BrNO. The first-order valence-electron chi connectivity index (χ1n) is 4.02. The third-order valence-corrected chi connectivity index (χ3v) is 2.24. The van der Waals surface area contributed by atoms with E-state index in [0.29, 0.717) is 6.42 Å². The lowest BCUT2D eigenvalue weighted by Gasteiger charge is -2.05. The minimum absolute atomic E-state index is 0.191. The monoisotopic (exact) mass is 239 g/mol. The first-order chi connectivity index (χ1) is 6.22. The largest absolute Gasteiger partial charge is 0.392 e. The zero-order valence-corrected chi connectivity index (χ0v) is 8.66. The van der Waals surface area contributed by atoms with Crippen molar-refractivity contribution in [2.24, 2.45) is 0 Å². The predicted octanol–water partition coefficient (Wildman–Crippen LogP) is 2.27. The highest BCUT2D eigenvalue weighted by atomic mass is 79.9. The summed E-state index contributed by atoms with van der Waals surface area (Å²) in [4.78, 5) is 0.